The van der Waals surface area contributed by atoms with Gasteiger partial charge in [0.25, 0.3) is 5.91 Å². The molecule has 0 unspecified atom stereocenters. The number of hydrogen-bond acceptors (Lipinski definition) is 12. The number of nitrogens with two attached hydrogens (primary N) is 1. The topological polar surface area (TPSA) is 210 Å². The summed E-state index contributed by atoms with van der Waals surface area (Å²) in [4.78, 5) is 56.6. The fraction of sp³-hybridized carbons (Fsp3) is 0.310. The van der Waals surface area contributed by atoms with Gasteiger partial charge in [0, 0.05) is 82.3 Å². The van der Waals surface area contributed by atoms with E-state index in [2.05, 4.69) is 20.0 Å². The predicted octanol–water partition coefficient (Wildman–Crippen LogP) is 11.5. The second kappa shape index (κ2) is 30.6. The van der Waals surface area contributed by atoms with Crippen LogP contribution in [-0.4, -0.2) is 90.3 Å². The number of benzene rings is 5. The minimum Gasteiger partial charge on any atom is -0.489 e. The number of rotatable bonds is 20. The normalized spacial score (nSPS) is 11.6. The minimum absolute atomic E-state index is 0. The number of aliphatic hydroxyl groups excluding tert-OH is 2. The monoisotopic (exact) mass is 1190 g/mol. The lowest BCUT2D eigenvalue weighted by molar-refractivity contribution is 0.0715. The van der Waals surface area contributed by atoms with Gasteiger partial charge in [0.1, 0.15) is 11.5 Å². The number of aliphatic hydroxyl groups is 2. The summed E-state index contributed by atoms with van der Waals surface area (Å²) in [6, 6.07) is 24.0. The number of esters is 1. The number of imidazole rings is 2. The van der Waals surface area contributed by atoms with Crippen LogP contribution in [0.5, 0.6) is 17.2 Å². The molecule has 0 saturated heterocycles. The van der Waals surface area contributed by atoms with Gasteiger partial charge in [-0.2, -0.15) is 8.78 Å². The summed E-state index contributed by atoms with van der Waals surface area (Å²) in [6.07, 6.45) is 5.75. The molecule has 434 valence electrons. The van der Waals surface area contributed by atoms with Crippen LogP contribution in [0.1, 0.15) is 107 Å². The van der Waals surface area contributed by atoms with E-state index < -0.39 is 40.8 Å². The zero-order chi connectivity index (χ0) is 59.1. The molecule has 0 fully saturated rings. The molecular weight excluding hydrogens is 1130 g/mol. The Bertz CT molecular complexity index is 3280. The van der Waals surface area contributed by atoms with E-state index >= 15 is 0 Å². The van der Waals surface area contributed by atoms with Gasteiger partial charge in [-0.05, 0) is 101 Å². The highest BCUT2D eigenvalue weighted by Crippen LogP contribution is 2.32. The zero-order valence-electron chi connectivity index (χ0n) is 45.5. The number of hydrogen-bond donors (Lipinski definition) is 4. The molecule has 5 aromatic carbocycles. The molecule has 7 aromatic rings. The molecule has 2 atom stereocenters. The number of carbonyl (C=O) groups excluding carboxylic acids is 4. The molecule has 23 heteroatoms. The zero-order valence-corrected chi connectivity index (χ0v) is 47.8. The van der Waals surface area contributed by atoms with Crippen molar-refractivity contribution in [2.45, 2.75) is 91.5 Å². The van der Waals surface area contributed by atoms with Crippen molar-refractivity contribution in [2.24, 2.45) is 19.8 Å². The molecule has 0 saturated carbocycles. The lowest BCUT2D eigenvalue weighted by Gasteiger charge is -2.19. The van der Waals surface area contributed by atoms with Gasteiger partial charge in [-0.15, -0.1) is 12.4 Å². The van der Waals surface area contributed by atoms with Crippen molar-refractivity contribution < 1.29 is 65.6 Å². The smallest absolute Gasteiger partial charge is 0.343 e. The third kappa shape index (κ3) is 18.4. The van der Waals surface area contributed by atoms with Crippen molar-refractivity contribution in [1.82, 2.24) is 24.4 Å². The van der Waals surface area contributed by atoms with Crippen LogP contribution in [0.15, 0.2) is 97.3 Å². The number of aryl methyl sites for hydroxylation is 2. The maximum atomic E-state index is 13.5. The van der Waals surface area contributed by atoms with Crippen molar-refractivity contribution in [2.75, 3.05) is 13.2 Å². The summed E-state index contributed by atoms with van der Waals surface area (Å²) in [6.45, 7) is 10.4. The van der Waals surface area contributed by atoms with Gasteiger partial charge < -0.3 is 44.6 Å². The molecule has 0 bridgehead atoms. The first-order chi connectivity index (χ1) is 37.8. The van der Waals surface area contributed by atoms with Gasteiger partial charge in [0.2, 0.25) is 34.8 Å². The molecule has 81 heavy (non-hydrogen) atoms. The SMILES string of the molecule is CC(=O)c1nc(-c2ccc(C[C@@H](CCO)NC(=O)c3ccc(OC(C)C)c(Cl)c3)cc2)cn1C.CC(=O)c1nc(-c2ccc(C[C@H](N)CCO)cc2)cn1C.CC(C)Oc1ccc(C(=O)Oc2c(F)c(F)c(F)c(F)c2F)cc1Cl.Cl. The highest BCUT2D eigenvalue weighted by Gasteiger charge is 2.29. The first-order valence-electron chi connectivity index (χ1n) is 25.0. The van der Waals surface area contributed by atoms with Crippen LogP contribution in [0.4, 0.5) is 22.0 Å². The number of amides is 1. The van der Waals surface area contributed by atoms with Crippen molar-refractivity contribution >= 4 is 59.1 Å². The van der Waals surface area contributed by atoms with Crippen LogP contribution in [-0.2, 0) is 26.9 Å². The first-order valence-corrected chi connectivity index (χ1v) is 25.8. The number of aromatic nitrogens is 4. The van der Waals surface area contributed by atoms with Crippen LogP contribution >= 0.6 is 35.6 Å². The summed E-state index contributed by atoms with van der Waals surface area (Å²) in [5.41, 5.74) is 11.6. The lowest BCUT2D eigenvalue weighted by Crippen LogP contribution is -2.37. The number of ether oxygens (including phenoxy) is 3. The Balaban J connectivity index is 0.000000268. The van der Waals surface area contributed by atoms with E-state index in [0.29, 0.717) is 47.2 Å². The third-order valence-corrected chi connectivity index (χ3v) is 12.2. The fourth-order valence-electron chi connectivity index (χ4n) is 7.79. The molecular formula is C58H62Cl3F5N6O9. The number of carbonyl (C=O) groups is 4. The molecule has 0 spiro atoms. The Morgan fingerprint density at radius 3 is 1.42 bits per heavy atom. The van der Waals surface area contributed by atoms with Gasteiger partial charge in [-0.25, -0.2) is 27.9 Å². The van der Waals surface area contributed by atoms with E-state index in [9.17, 15) is 46.2 Å². The van der Waals surface area contributed by atoms with Crippen LogP contribution in [0.2, 0.25) is 10.0 Å². The van der Waals surface area contributed by atoms with Crippen LogP contribution in [0.3, 0.4) is 0 Å². The number of Topliss-reactive ketones (excluding diaryl/α,β-unsaturated/α-hetero) is 2. The van der Waals surface area contributed by atoms with Gasteiger partial charge in [0.05, 0.1) is 39.2 Å². The highest BCUT2D eigenvalue weighted by molar-refractivity contribution is 6.32. The van der Waals surface area contributed by atoms with Gasteiger partial charge in [-0.1, -0.05) is 71.7 Å². The molecule has 0 radical (unpaired) electrons. The van der Waals surface area contributed by atoms with E-state index in [0.717, 1.165) is 52.2 Å². The second-order valence-corrected chi connectivity index (χ2v) is 19.7. The van der Waals surface area contributed by atoms with E-state index in [-0.39, 0.29) is 83.7 Å². The summed E-state index contributed by atoms with van der Waals surface area (Å²) in [5.74, 6) is -13.1. The summed E-state index contributed by atoms with van der Waals surface area (Å²) in [7, 11) is 3.61. The van der Waals surface area contributed by atoms with Crippen molar-refractivity contribution in [3.8, 4) is 39.8 Å². The third-order valence-electron chi connectivity index (χ3n) is 11.6. The first kappa shape index (κ1) is 66.3. The van der Waals surface area contributed by atoms with E-state index in [4.69, 9.17) is 43.5 Å². The average Bonchev–Trinajstić information content (AvgIpc) is 4.08. The molecule has 1 amide bonds. The molecule has 2 heterocycles. The Hall–Kier alpha value is -7.20. The fourth-order valence-corrected chi connectivity index (χ4v) is 8.24. The Kier molecular flexibility index (Phi) is 25.0. The van der Waals surface area contributed by atoms with Crippen LogP contribution in [0.25, 0.3) is 22.5 Å². The molecule has 0 aliphatic rings. The number of nitrogens with one attached hydrogen (secondary N) is 1. The molecule has 0 aliphatic heterocycles. The number of halogens is 8. The molecule has 0 aliphatic carbocycles. The Labute approximate surface area is 481 Å². The Morgan fingerprint density at radius 2 is 1.02 bits per heavy atom. The maximum absolute atomic E-state index is 13.5. The molecule has 5 N–H and O–H groups in total. The average molecular weight is 1190 g/mol. The predicted molar refractivity (Wildman–Crippen MR) is 300 cm³/mol. The molecule has 15 nitrogen and oxygen atoms in total. The highest BCUT2D eigenvalue weighted by atomic mass is 35.5. The minimum atomic E-state index is -2.35. The second-order valence-electron chi connectivity index (χ2n) is 18.9. The summed E-state index contributed by atoms with van der Waals surface area (Å²) < 4.78 is 84.9. The standard InChI is InChI=1S/C26H30ClN3O4.C16H10ClF5O3.C16H21N3O2.ClH/c1-16(2)34-24-10-9-20(14-22(24)27)26(33)28-21(11-12-31)13-18-5-7-19(8-6-18)23-15-30(4)25(29-23)17(3)32;1-6(2)24-9-4-3-7(5-8(9)17)16(23)25-15-13(21)11(19)10(18)12(20)14(15)22;1-11(21)16-18-15(10-19(16)2)13-5-3-12(4-6-13)9-14(17)7-8-20;/h5-10,14-16,21,31H,11-13H2,1-4H3,(H,28,33);3-6H,1-2H3;3-6,10,14,20H,7-9,17H2,1-2H3;1H/t21-;;14-;/m1.1./s1. The number of nitrogens with zero attached hydrogens (tertiary/aromatic N) is 4. The van der Waals surface area contributed by atoms with Gasteiger partial charge >= 0.3 is 5.97 Å². The van der Waals surface area contributed by atoms with Gasteiger partial charge in [0.15, 0.2) is 23.2 Å². The molecule has 7 rings (SSSR count). The van der Waals surface area contributed by atoms with Crippen LogP contribution in [0, 0.1) is 29.1 Å². The molecule has 2 aromatic heterocycles. The van der Waals surface area contributed by atoms with Crippen molar-refractivity contribution in [3.63, 3.8) is 0 Å². The summed E-state index contributed by atoms with van der Waals surface area (Å²) in [5, 5.41) is 21.7. The van der Waals surface area contributed by atoms with Crippen molar-refractivity contribution in [1.29, 1.82) is 0 Å². The maximum Gasteiger partial charge on any atom is 0.343 e. The lowest BCUT2D eigenvalue weighted by atomic mass is 10.0. The summed E-state index contributed by atoms with van der Waals surface area (Å²) >= 11 is 12.2. The quantitative estimate of drug-likeness (QED) is 0.0140. The Morgan fingerprint density at radius 1 is 0.617 bits per heavy atom. The van der Waals surface area contributed by atoms with E-state index in [1.54, 1.807) is 48.2 Å². The van der Waals surface area contributed by atoms with E-state index in [1.807, 2.05) is 81.8 Å². The largest absolute Gasteiger partial charge is 0.489 e. The number of ketones is 2. The van der Waals surface area contributed by atoms with E-state index in [1.165, 1.54) is 19.9 Å². The van der Waals surface area contributed by atoms with Crippen molar-refractivity contribution in [3.05, 3.63) is 170 Å². The van der Waals surface area contributed by atoms with Crippen LogP contribution < -0.4 is 25.3 Å². The van der Waals surface area contributed by atoms with Gasteiger partial charge in [-0.3, -0.25) is 14.4 Å².